The Morgan fingerprint density at radius 1 is 1.47 bits per heavy atom. The number of aromatic amines is 1. The Morgan fingerprint density at radius 2 is 2.24 bits per heavy atom. The average molecular weight is 233 g/mol. The Hall–Kier alpha value is -0.990. The average Bonchev–Trinajstić information content (AvgIpc) is 2.64. The topological polar surface area (TPSA) is 40.7 Å². The van der Waals surface area contributed by atoms with Crippen LogP contribution >= 0.6 is 0 Å². The lowest BCUT2D eigenvalue weighted by molar-refractivity contribution is 0.547. The number of hydrogen-bond acceptors (Lipinski definition) is 2. The minimum absolute atomic E-state index is 0.521. The van der Waals surface area contributed by atoms with Gasteiger partial charge in [-0.1, -0.05) is 20.8 Å². The molecule has 2 aliphatic carbocycles. The summed E-state index contributed by atoms with van der Waals surface area (Å²) in [5.74, 6) is 2.49. The van der Waals surface area contributed by atoms with E-state index in [-0.39, 0.29) is 0 Å². The predicted octanol–water partition coefficient (Wildman–Crippen LogP) is 3.44. The molecule has 3 nitrogen and oxygen atoms in total. The molecule has 1 heterocycles. The first kappa shape index (κ1) is 11.1. The second-order valence-electron chi connectivity index (χ2n) is 6.52. The second kappa shape index (κ2) is 3.50. The third-order valence-electron chi connectivity index (χ3n) is 4.88. The van der Waals surface area contributed by atoms with Crippen LogP contribution in [0, 0.1) is 18.3 Å². The van der Waals surface area contributed by atoms with Gasteiger partial charge in [0.15, 0.2) is 5.82 Å². The van der Waals surface area contributed by atoms with E-state index in [4.69, 9.17) is 0 Å². The van der Waals surface area contributed by atoms with Crippen LogP contribution in [0.3, 0.4) is 0 Å². The molecule has 0 aliphatic heterocycles. The van der Waals surface area contributed by atoms with Crippen molar-refractivity contribution in [3.63, 3.8) is 0 Å². The lowest BCUT2D eigenvalue weighted by Crippen LogP contribution is -2.19. The summed E-state index contributed by atoms with van der Waals surface area (Å²) in [6.07, 6.45) is 4.10. The Balaban J connectivity index is 1.74. The number of nitrogens with zero attached hydrogens (tertiary/aromatic N) is 1. The molecule has 0 saturated heterocycles. The molecule has 2 aliphatic rings. The number of hydrogen-bond donors (Lipinski definition) is 2. The van der Waals surface area contributed by atoms with Crippen molar-refractivity contribution < 1.29 is 0 Å². The minimum atomic E-state index is 0.521. The van der Waals surface area contributed by atoms with E-state index in [1.54, 1.807) is 0 Å². The third-order valence-corrected chi connectivity index (χ3v) is 4.88. The summed E-state index contributed by atoms with van der Waals surface area (Å²) < 4.78 is 0. The van der Waals surface area contributed by atoms with Gasteiger partial charge in [-0.05, 0) is 43.4 Å². The van der Waals surface area contributed by atoms with Gasteiger partial charge in [0.25, 0.3) is 0 Å². The quantitative estimate of drug-likeness (QED) is 0.839. The molecule has 1 unspecified atom stereocenters. The van der Waals surface area contributed by atoms with E-state index >= 15 is 0 Å². The van der Waals surface area contributed by atoms with Crippen molar-refractivity contribution in [2.45, 2.75) is 58.9 Å². The molecule has 0 aromatic carbocycles. The van der Waals surface area contributed by atoms with Crippen LogP contribution in [0.5, 0.6) is 0 Å². The number of H-pyrrole nitrogens is 1. The van der Waals surface area contributed by atoms with E-state index in [0.29, 0.717) is 17.4 Å². The zero-order valence-corrected chi connectivity index (χ0v) is 11.3. The highest BCUT2D eigenvalue weighted by atomic mass is 15.2. The van der Waals surface area contributed by atoms with E-state index < -0.39 is 0 Å². The first-order valence-corrected chi connectivity index (χ1v) is 6.82. The van der Waals surface area contributed by atoms with E-state index in [1.165, 1.54) is 30.5 Å². The van der Waals surface area contributed by atoms with Crippen LogP contribution in [0.15, 0.2) is 0 Å². The van der Waals surface area contributed by atoms with E-state index in [9.17, 15) is 0 Å². The zero-order chi connectivity index (χ0) is 12.2. The molecule has 0 spiro atoms. The van der Waals surface area contributed by atoms with Gasteiger partial charge in [-0.3, -0.25) is 5.10 Å². The van der Waals surface area contributed by atoms with Crippen molar-refractivity contribution in [3.8, 4) is 0 Å². The fraction of sp³-hybridized carbons (Fsp3) is 0.786. The third kappa shape index (κ3) is 1.67. The van der Waals surface area contributed by atoms with Crippen molar-refractivity contribution in [1.29, 1.82) is 0 Å². The van der Waals surface area contributed by atoms with Gasteiger partial charge < -0.3 is 5.32 Å². The maximum Gasteiger partial charge on any atom is 0.151 e. The Bertz CT molecular complexity index is 435. The number of fused-ring (bicyclic) bond motifs is 1. The number of anilines is 1. The standard InChI is InChI=1S/C14H23N3/c1-8(2)12-9(3)13(17-16-12)15-11-5-6-14(4)7-10(11)14/h8,10-11H,5-7H2,1-4H3,(H2,15,16,17)/t10-,11?,14-/m0/s1. The number of aromatic nitrogens is 2. The molecule has 0 radical (unpaired) electrons. The van der Waals surface area contributed by atoms with Crippen molar-refractivity contribution in [2.24, 2.45) is 11.3 Å². The Kier molecular flexibility index (Phi) is 2.29. The summed E-state index contributed by atoms with van der Waals surface area (Å²) in [5.41, 5.74) is 3.22. The second-order valence-corrected chi connectivity index (χ2v) is 6.52. The number of nitrogens with one attached hydrogen (secondary N) is 2. The lowest BCUT2D eigenvalue weighted by Gasteiger charge is -2.14. The van der Waals surface area contributed by atoms with Gasteiger partial charge >= 0.3 is 0 Å². The smallest absolute Gasteiger partial charge is 0.151 e. The van der Waals surface area contributed by atoms with Crippen molar-refractivity contribution in [2.75, 3.05) is 5.32 Å². The van der Waals surface area contributed by atoms with Gasteiger partial charge in [0.1, 0.15) is 0 Å². The fourth-order valence-corrected chi connectivity index (χ4v) is 3.51. The van der Waals surface area contributed by atoms with Crippen LogP contribution in [0.1, 0.15) is 57.2 Å². The van der Waals surface area contributed by atoms with Crippen molar-refractivity contribution >= 4 is 5.82 Å². The maximum atomic E-state index is 4.44. The minimum Gasteiger partial charge on any atom is -0.365 e. The van der Waals surface area contributed by atoms with Gasteiger partial charge in [-0.2, -0.15) is 5.10 Å². The van der Waals surface area contributed by atoms with Gasteiger partial charge in [0.05, 0.1) is 0 Å². The lowest BCUT2D eigenvalue weighted by atomic mass is 10.1. The normalized spacial score (nSPS) is 35.1. The molecule has 3 atom stereocenters. The highest BCUT2D eigenvalue weighted by Gasteiger charge is 2.58. The van der Waals surface area contributed by atoms with Crippen LogP contribution in [-0.4, -0.2) is 16.2 Å². The monoisotopic (exact) mass is 233 g/mol. The van der Waals surface area contributed by atoms with E-state index in [1.807, 2.05) is 0 Å². The van der Waals surface area contributed by atoms with Crippen LogP contribution in [0.2, 0.25) is 0 Å². The van der Waals surface area contributed by atoms with Crippen molar-refractivity contribution in [3.05, 3.63) is 11.3 Å². The first-order chi connectivity index (χ1) is 8.01. The molecule has 94 valence electrons. The summed E-state index contributed by atoms with van der Waals surface area (Å²) in [6.45, 7) is 9.01. The highest BCUT2D eigenvalue weighted by Crippen LogP contribution is 2.63. The Morgan fingerprint density at radius 3 is 2.71 bits per heavy atom. The highest BCUT2D eigenvalue weighted by molar-refractivity contribution is 5.48. The molecular formula is C14H23N3. The van der Waals surface area contributed by atoms with Crippen LogP contribution < -0.4 is 5.32 Å². The van der Waals surface area contributed by atoms with Crippen LogP contribution in [-0.2, 0) is 0 Å². The van der Waals surface area contributed by atoms with E-state index in [0.717, 1.165) is 11.7 Å². The van der Waals surface area contributed by atoms with Gasteiger partial charge in [0.2, 0.25) is 0 Å². The predicted molar refractivity (Wildman–Crippen MR) is 70.3 cm³/mol. The van der Waals surface area contributed by atoms with E-state index in [2.05, 4.69) is 43.2 Å². The largest absolute Gasteiger partial charge is 0.365 e. The van der Waals surface area contributed by atoms with Crippen LogP contribution in [0.25, 0.3) is 0 Å². The summed E-state index contributed by atoms with van der Waals surface area (Å²) in [4.78, 5) is 0. The summed E-state index contributed by atoms with van der Waals surface area (Å²) in [5, 5.41) is 11.3. The molecule has 2 fully saturated rings. The molecule has 1 aromatic heterocycles. The van der Waals surface area contributed by atoms with Gasteiger partial charge in [-0.15, -0.1) is 0 Å². The maximum absolute atomic E-state index is 4.44. The molecule has 3 rings (SSSR count). The summed E-state index contributed by atoms with van der Waals surface area (Å²) in [7, 11) is 0. The summed E-state index contributed by atoms with van der Waals surface area (Å²) >= 11 is 0. The fourth-order valence-electron chi connectivity index (χ4n) is 3.51. The molecule has 2 saturated carbocycles. The molecule has 0 bridgehead atoms. The molecule has 17 heavy (non-hydrogen) atoms. The first-order valence-electron chi connectivity index (χ1n) is 6.82. The molecule has 2 N–H and O–H groups in total. The van der Waals surface area contributed by atoms with Crippen molar-refractivity contribution in [1.82, 2.24) is 10.2 Å². The van der Waals surface area contributed by atoms with Gasteiger partial charge in [-0.25, -0.2) is 0 Å². The zero-order valence-electron chi connectivity index (χ0n) is 11.3. The van der Waals surface area contributed by atoms with Gasteiger partial charge in [0, 0.05) is 17.3 Å². The molecule has 3 heteroatoms. The molecule has 1 aromatic rings. The molecular weight excluding hydrogens is 210 g/mol. The summed E-state index contributed by atoms with van der Waals surface area (Å²) in [6, 6.07) is 0.655. The van der Waals surface area contributed by atoms with Crippen LogP contribution in [0.4, 0.5) is 5.82 Å². The Labute approximate surface area is 103 Å². The number of rotatable bonds is 3. The SMILES string of the molecule is Cc1c(NC2CC[C@@]3(C)C[C@@H]23)n[nH]c1C(C)C. The molecule has 0 amide bonds.